The van der Waals surface area contributed by atoms with E-state index in [1.54, 1.807) is 11.3 Å². The zero-order chi connectivity index (χ0) is 13.8. The second kappa shape index (κ2) is 7.38. The summed E-state index contributed by atoms with van der Waals surface area (Å²) in [6, 6.07) is 7.48. The van der Waals surface area contributed by atoms with E-state index in [1.807, 2.05) is 36.6 Å². The Morgan fingerprint density at radius 3 is 2.55 bits per heavy atom. The normalized spacial score (nSPS) is 11.6. The number of halogens is 1. The summed E-state index contributed by atoms with van der Waals surface area (Å²) >= 11 is 1.61. The van der Waals surface area contributed by atoms with Crippen LogP contribution in [-0.4, -0.2) is 18.1 Å². The topological polar surface area (TPSA) is 65.2 Å². The summed E-state index contributed by atoms with van der Waals surface area (Å²) < 4.78 is 4.61. The lowest BCUT2D eigenvalue weighted by Gasteiger charge is -2.10. The first-order valence-electron chi connectivity index (χ1n) is 5.95. The van der Waals surface area contributed by atoms with E-state index >= 15 is 0 Å². The van der Waals surface area contributed by atoms with Gasteiger partial charge >= 0.3 is 5.97 Å². The van der Waals surface area contributed by atoms with Gasteiger partial charge in [0, 0.05) is 22.7 Å². The van der Waals surface area contributed by atoms with Gasteiger partial charge in [0.25, 0.3) is 0 Å². The minimum Gasteiger partial charge on any atom is -0.469 e. The minimum absolute atomic E-state index is 0. The summed E-state index contributed by atoms with van der Waals surface area (Å²) in [5.41, 5.74) is 8.95. The first-order chi connectivity index (χ1) is 9.10. The number of aromatic nitrogens is 1. The molecule has 4 nitrogen and oxygen atoms in total. The number of ether oxygens (including phenoxy) is 1. The molecule has 1 atom stereocenters. The summed E-state index contributed by atoms with van der Waals surface area (Å²) in [5, 5.41) is 3.01. The van der Waals surface area contributed by atoms with Crippen LogP contribution in [0.5, 0.6) is 0 Å². The van der Waals surface area contributed by atoms with Gasteiger partial charge in [-0.3, -0.25) is 4.79 Å². The highest BCUT2D eigenvalue weighted by molar-refractivity contribution is 7.13. The highest BCUT2D eigenvalue weighted by atomic mass is 35.5. The molecule has 0 spiro atoms. The van der Waals surface area contributed by atoms with Crippen LogP contribution in [0.2, 0.25) is 0 Å². The number of nitrogens with zero attached hydrogens (tertiary/aromatic N) is 1. The molecule has 0 bridgehead atoms. The molecule has 0 amide bonds. The first kappa shape index (κ1) is 16.6. The zero-order valence-corrected chi connectivity index (χ0v) is 13.0. The van der Waals surface area contributed by atoms with Crippen molar-refractivity contribution in [3.05, 3.63) is 40.9 Å². The number of benzene rings is 1. The van der Waals surface area contributed by atoms with Crippen molar-refractivity contribution in [2.45, 2.75) is 19.4 Å². The van der Waals surface area contributed by atoms with Gasteiger partial charge in [-0.25, -0.2) is 4.98 Å². The molecule has 0 saturated carbocycles. The third-order valence-electron chi connectivity index (χ3n) is 2.82. The fourth-order valence-corrected chi connectivity index (χ4v) is 2.54. The van der Waals surface area contributed by atoms with Crippen molar-refractivity contribution in [1.82, 2.24) is 4.98 Å². The van der Waals surface area contributed by atoms with Crippen LogP contribution in [0.4, 0.5) is 0 Å². The van der Waals surface area contributed by atoms with Crippen LogP contribution in [0.3, 0.4) is 0 Å². The monoisotopic (exact) mass is 312 g/mol. The van der Waals surface area contributed by atoms with Gasteiger partial charge in [0.2, 0.25) is 0 Å². The van der Waals surface area contributed by atoms with Crippen molar-refractivity contribution >= 4 is 29.7 Å². The van der Waals surface area contributed by atoms with E-state index in [1.165, 1.54) is 7.11 Å². The minimum atomic E-state index is -0.334. The third-order valence-corrected chi connectivity index (χ3v) is 3.83. The van der Waals surface area contributed by atoms with Crippen LogP contribution in [0, 0.1) is 6.92 Å². The van der Waals surface area contributed by atoms with Gasteiger partial charge in [0.05, 0.1) is 13.5 Å². The molecule has 20 heavy (non-hydrogen) atoms. The van der Waals surface area contributed by atoms with E-state index in [4.69, 9.17) is 5.73 Å². The Kier molecular flexibility index (Phi) is 6.13. The Morgan fingerprint density at radius 2 is 2.05 bits per heavy atom. The van der Waals surface area contributed by atoms with Crippen LogP contribution in [0.25, 0.3) is 10.6 Å². The van der Waals surface area contributed by atoms with Gasteiger partial charge in [-0.15, -0.1) is 23.7 Å². The maximum Gasteiger partial charge on any atom is 0.307 e. The molecule has 0 aliphatic heterocycles. The Balaban J connectivity index is 0.00000200. The Morgan fingerprint density at radius 1 is 1.40 bits per heavy atom. The number of rotatable bonds is 4. The molecule has 2 N–H and O–H groups in total. The number of hydrogen-bond acceptors (Lipinski definition) is 5. The summed E-state index contributed by atoms with van der Waals surface area (Å²) in [6.07, 6.45) is 0.187. The molecule has 1 heterocycles. The number of carbonyl (C=O) groups is 1. The number of methoxy groups -OCH3 is 1. The maximum atomic E-state index is 11.2. The van der Waals surface area contributed by atoms with Crippen LogP contribution in [0.15, 0.2) is 29.6 Å². The molecule has 0 aliphatic carbocycles. The maximum absolute atomic E-state index is 11.2. The number of thiazole rings is 1. The van der Waals surface area contributed by atoms with Crippen molar-refractivity contribution < 1.29 is 9.53 Å². The van der Waals surface area contributed by atoms with E-state index < -0.39 is 0 Å². The second-order valence-electron chi connectivity index (χ2n) is 4.30. The molecule has 1 aromatic heterocycles. The molecule has 108 valence electrons. The van der Waals surface area contributed by atoms with Gasteiger partial charge in [-0.05, 0) is 12.5 Å². The van der Waals surface area contributed by atoms with Gasteiger partial charge < -0.3 is 10.5 Å². The molecule has 2 rings (SSSR count). The largest absolute Gasteiger partial charge is 0.469 e. The molecular formula is C14H17ClN2O2S. The zero-order valence-electron chi connectivity index (χ0n) is 11.3. The van der Waals surface area contributed by atoms with Crippen molar-refractivity contribution in [1.29, 1.82) is 0 Å². The first-order valence-corrected chi connectivity index (χ1v) is 6.83. The SMILES string of the molecule is COC(=O)C[C@H](N)c1ccc(-c2nc(C)cs2)cc1.Cl. The van der Waals surface area contributed by atoms with Gasteiger partial charge in [0.15, 0.2) is 0 Å². The number of carbonyl (C=O) groups excluding carboxylic acids is 1. The highest BCUT2D eigenvalue weighted by Crippen LogP contribution is 2.25. The lowest BCUT2D eigenvalue weighted by atomic mass is 10.0. The van der Waals surface area contributed by atoms with Crippen molar-refractivity contribution in [3.8, 4) is 10.6 Å². The van der Waals surface area contributed by atoms with E-state index in [0.717, 1.165) is 21.8 Å². The van der Waals surface area contributed by atoms with E-state index in [0.29, 0.717) is 0 Å². The fraction of sp³-hybridized carbons (Fsp3) is 0.286. The second-order valence-corrected chi connectivity index (χ2v) is 5.16. The van der Waals surface area contributed by atoms with E-state index in [-0.39, 0.29) is 30.8 Å². The van der Waals surface area contributed by atoms with Crippen LogP contribution < -0.4 is 5.73 Å². The molecule has 2 aromatic rings. The number of aryl methyl sites for hydroxylation is 1. The fourth-order valence-electron chi connectivity index (χ4n) is 1.74. The van der Waals surface area contributed by atoms with Gasteiger partial charge in [-0.1, -0.05) is 24.3 Å². The quantitative estimate of drug-likeness (QED) is 0.881. The van der Waals surface area contributed by atoms with Gasteiger partial charge in [0.1, 0.15) is 5.01 Å². The summed E-state index contributed by atoms with van der Waals surface area (Å²) in [6.45, 7) is 1.97. The predicted octanol–water partition coefficient (Wildman–Crippen LogP) is 3.10. The standard InChI is InChI=1S/C14H16N2O2S.ClH/c1-9-8-19-14(16-9)11-5-3-10(4-6-11)12(15)7-13(17)18-2;/h3-6,8,12H,7,15H2,1-2H3;1H/t12-;/m0./s1. The lowest BCUT2D eigenvalue weighted by Crippen LogP contribution is -2.16. The summed E-state index contributed by atoms with van der Waals surface area (Å²) in [5.74, 6) is -0.299. The number of nitrogens with two attached hydrogens (primary N) is 1. The Labute approximate surface area is 128 Å². The highest BCUT2D eigenvalue weighted by Gasteiger charge is 2.12. The summed E-state index contributed by atoms with van der Waals surface area (Å²) in [7, 11) is 1.36. The average molecular weight is 313 g/mol. The predicted molar refractivity (Wildman–Crippen MR) is 83.1 cm³/mol. The molecule has 6 heteroatoms. The van der Waals surface area contributed by atoms with Crippen LogP contribution in [0.1, 0.15) is 23.7 Å². The van der Waals surface area contributed by atoms with Crippen molar-refractivity contribution in [3.63, 3.8) is 0 Å². The van der Waals surface area contributed by atoms with E-state index in [9.17, 15) is 4.79 Å². The molecule has 0 saturated heterocycles. The molecule has 0 radical (unpaired) electrons. The lowest BCUT2D eigenvalue weighted by molar-refractivity contribution is -0.141. The average Bonchev–Trinajstić information content (AvgIpc) is 2.85. The molecule has 0 unspecified atom stereocenters. The Bertz CT molecular complexity index is 569. The molecule has 0 fully saturated rings. The molecular weight excluding hydrogens is 296 g/mol. The van der Waals surface area contributed by atoms with Crippen LogP contribution in [-0.2, 0) is 9.53 Å². The smallest absolute Gasteiger partial charge is 0.307 e. The molecule has 1 aromatic carbocycles. The third kappa shape index (κ3) is 4.03. The molecule has 0 aliphatic rings. The van der Waals surface area contributed by atoms with Gasteiger partial charge in [-0.2, -0.15) is 0 Å². The number of hydrogen-bond donors (Lipinski definition) is 1. The number of esters is 1. The van der Waals surface area contributed by atoms with E-state index in [2.05, 4.69) is 9.72 Å². The van der Waals surface area contributed by atoms with Crippen molar-refractivity contribution in [2.75, 3.05) is 7.11 Å². The van der Waals surface area contributed by atoms with Crippen LogP contribution >= 0.6 is 23.7 Å². The van der Waals surface area contributed by atoms with Crippen molar-refractivity contribution in [2.24, 2.45) is 5.73 Å². The Hall–Kier alpha value is -1.43. The summed E-state index contributed by atoms with van der Waals surface area (Å²) in [4.78, 5) is 15.6.